The van der Waals surface area contributed by atoms with Crippen LogP contribution in [0.2, 0.25) is 0 Å². The van der Waals surface area contributed by atoms with Crippen molar-refractivity contribution in [3.05, 3.63) is 17.5 Å². The molecule has 1 aliphatic heterocycles. The first-order chi connectivity index (χ1) is 8.63. The second kappa shape index (κ2) is 5.20. The molecule has 6 nitrogen and oxygen atoms in total. The Morgan fingerprint density at radius 2 is 2.00 bits per heavy atom. The van der Waals surface area contributed by atoms with Crippen molar-refractivity contribution < 1.29 is 14.7 Å². The van der Waals surface area contributed by atoms with Crippen molar-refractivity contribution in [2.24, 2.45) is 0 Å². The van der Waals surface area contributed by atoms with Crippen LogP contribution in [0.1, 0.15) is 47.2 Å². The fourth-order valence-electron chi connectivity index (χ4n) is 2.19. The summed E-state index contributed by atoms with van der Waals surface area (Å²) in [6, 6.07) is 1.36. The molecule has 0 unspecified atom stereocenters. The van der Waals surface area contributed by atoms with Crippen LogP contribution in [0.3, 0.4) is 0 Å². The number of carboxylic acids is 1. The molecule has 1 saturated heterocycles. The summed E-state index contributed by atoms with van der Waals surface area (Å²) in [7, 11) is 0. The van der Waals surface area contributed by atoms with Crippen molar-refractivity contribution in [3.8, 4) is 0 Å². The first-order valence-electron chi connectivity index (χ1n) is 6.24. The van der Waals surface area contributed by atoms with Gasteiger partial charge in [-0.15, -0.1) is 0 Å². The van der Waals surface area contributed by atoms with Crippen LogP contribution in [-0.4, -0.2) is 44.8 Å². The largest absolute Gasteiger partial charge is 0.477 e. The standard InChI is InChI=1S/C12H17N3O3/c1-2-15-10(12(17)18)8-9(13-15)11(16)14-6-4-3-5-7-14/h8H,2-7H2,1H3,(H,17,18). The van der Waals surface area contributed by atoms with Gasteiger partial charge in [0.2, 0.25) is 0 Å². The van der Waals surface area contributed by atoms with Gasteiger partial charge in [0, 0.05) is 25.7 Å². The maximum atomic E-state index is 12.2. The lowest BCUT2D eigenvalue weighted by Crippen LogP contribution is -2.35. The molecule has 1 aliphatic rings. The van der Waals surface area contributed by atoms with E-state index in [0.717, 1.165) is 32.4 Å². The number of aromatic nitrogens is 2. The minimum absolute atomic E-state index is 0.0675. The van der Waals surface area contributed by atoms with Crippen LogP contribution in [0, 0.1) is 0 Å². The molecule has 0 bridgehead atoms. The van der Waals surface area contributed by atoms with Crippen LogP contribution < -0.4 is 0 Å². The number of hydrogen-bond donors (Lipinski definition) is 1. The molecule has 1 N–H and O–H groups in total. The molecule has 0 saturated carbocycles. The van der Waals surface area contributed by atoms with Crippen molar-refractivity contribution in [2.75, 3.05) is 13.1 Å². The Morgan fingerprint density at radius 3 is 2.50 bits per heavy atom. The first-order valence-corrected chi connectivity index (χ1v) is 6.24. The predicted molar refractivity (Wildman–Crippen MR) is 64.6 cm³/mol. The Kier molecular flexibility index (Phi) is 3.64. The number of nitrogens with zero attached hydrogens (tertiary/aromatic N) is 3. The number of piperidine rings is 1. The minimum Gasteiger partial charge on any atom is -0.477 e. The molecule has 98 valence electrons. The topological polar surface area (TPSA) is 75.4 Å². The van der Waals surface area contributed by atoms with Crippen molar-refractivity contribution in [3.63, 3.8) is 0 Å². The molecule has 1 aromatic heterocycles. The Labute approximate surface area is 105 Å². The first kappa shape index (κ1) is 12.6. The zero-order valence-electron chi connectivity index (χ0n) is 10.4. The van der Waals surface area contributed by atoms with Crippen molar-refractivity contribution in [1.29, 1.82) is 0 Å². The number of aryl methyl sites for hydroxylation is 1. The zero-order chi connectivity index (χ0) is 13.1. The van der Waals surface area contributed by atoms with E-state index in [1.807, 2.05) is 0 Å². The second-order valence-electron chi connectivity index (χ2n) is 4.39. The molecule has 0 aliphatic carbocycles. The predicted octanol–water partition coefficient (Wildman–Crippen LogP) is 1.23. The molecule has 1 aromatic rings. The number of carbonyl (C=O) groups is 2. The van der Waals surface area contributed by atoms with E-state index in [9.17, 15) is 9.59 Å². The molecule has 0 aromatic carbocycles. The van der Waals surface area contributed by atoms with Gasteiger partial charge in [0.1, 0.15) is 5.69 Å². The molecule has 1 amide bonds. The van der Waals surface area contributed by atoms with Crippen LogP contribution in [0.25, 0.3) is 0 Å². The number of carbonyl (C=O) groups excluding carboxylic acids is 1. The summed E-state index contributed by atoms with van der Waals surface area (Å²) in [5.74, 6) is -1.22. The van der Waals surface area contributed by atoms with Gasteiger partial charge >= 0.3 is 5.97 Å². The highest BCUT2D eigenvalue weighted by atomic mass is 16.4. The van der Waals surface area contributed by atoms with E-state index in [0.29, 0.717) is 6.54 Å². The lowest BCUT2D eigenvalue weighted by atomic mass is 10.1. The summed E-state index contributed by atoms with van der Waals surface area (Å²) < 4.78 is 1.35. The fourth-order valence-corrected chi connectivity index (χ4v) is 2.19. The molecule has 2 rings (SSSR count). The lowest BCUT2D eigenvalue weighted by molar-refractivity contribution is 0.0681. The average molecular weight is 251 g/mol. The summed E-state index contributed by atoms with van der Waals surface area (Å²) in [5.41, 5.74) is 0.300. The summed E-state index contributed by atoms with van der Waals surface area (Å²) in [5, 5.41) is 13.1. The SMILES string of the molecule is CCn1nc(C(=O)N2CCCCC2)cc1C(=O)O. The highest BCUT2D eigenvalue weighted by molar-refractivity contribution is 5.95. The molecule has 2 heterocycles. The fraction of sp³-hybridized carbons (Fsp3) is 0.583. The molecule has 0 atom stereocenters. The highest BCUT2D eigenvalue weighted by Crippen LogP contribution is 2.13. The third-order valence-electron chi connectivity index (χ3n) is 3.16. The molecule has 0 spiro atoms. The molecule has 6 heteroatoms. The Balaban J connectivity index is 2.22. The normalized spacial score (nSPS) is 15.7. The lowest BCUT2D eigenvalue weighted by Gasteiger charge is -2.25. The van der Waals surface area contributed by atoms with E-state index in [-0.39, 0.29) is 17.3 Å². The summed E-state index contributed by atoms with van der Waals surface area (Å²) >= 11 is 0. The Hall–Kier alpha value is -1.85. The number of carboxylic acid groups (broad SMARTS) is 1. The Bertz CT molecular complexity index is 461. The van der Waals surface area contributed by atoms with Gasteiger partial charge in [-0.1, -0.05) is 0 Å². The van der Waals surface area contributed by atoms with Crippen LogP contribution in [0.4, 0.5) is 0 Å². The van der Waals surface area contributed by atoms with E-state index < -0.39 is 5.97 Å². The van der Waals surface area contributed by atoms with Gasteiger partial charge < -0.3 is 10.0 Å². The third kappa shape index (κ3) is 2.37. The molecule has 18 heavy (non-hydrogen) atoms. The van der Waals surface area contributed by atoms with Crippen molar-refractivity contribution >= 4 is 11.9 Å². The van der Waals surface area contributed by atoms with E-state index in [1.165, 1.54) is 10.7 Å². The number of amides is 1. The number of likely N-dealkylation sites (tertiary alicyclic amines) is 1. The van der Waals surface area contributed by atoms with E-state index in [1.54, 1.807) is 11.8 Å². The minimum atomic E-state index is -1.05. The maximum absolute atomic E-state index is 12.2. The molecule has 1 fully saturated rings. The van der Waals surface area contributed by atoms with Gasteiger partial charge in [0.25, 0.3) is 5.91 Å². The van der Waals surface area contributed by atoms with E-state index in [2.05, 4.69) is 5.10 Å². The van der Waals surface area contributed by atoms with E-state index >= 15 is 0 Å². The van der Waals surface area contributed by atoms with Gasteiger partial charge in [-0.25, -0.2) is 4.79 Å². The maximum Gasteiger partial charge on any atom is 0.354 e. The van der Waals surface area contributed by atoms with Crippen LogP contribution in [-0.2, 0) is 6.54 Å². The summed E-state index contributed by atoms with van der Waals surface area (Å²) in [6.07, 6.45) is 3.16. The van der Waals surface area contributed by atoms with Gasteiger partial charge in [0.05, 0.1) is 0 Å². The van der Waals surface area contributed by atoms with Crippen LogP contribution in [0.15, 0.2) is 6.07 Å². The monoisotopic (exact) mass is 251 g/mol. The number of hydrogen-bond acceptors (Lipinski definition) is 3. The molecule has 0 radical (unpaired) electrons. The van der Waals surface area contributed by atoms with Gasteiger partial charge in [0.15, 0.2) is 5.69 Å². The van der Waals surface area contributed by atoms with E-state index in [4.69, 9.17) is 5.11 Å². The van der Waals surface area contributed by atoms with Crippen LogP contribution in [0.5, 0.6) is 0 Å². The molecular formula is C12H17N3O3. The van der Waals surface area contributed by atoms with Crippen LogP contribution >= 0.6 is 0 Å². The average Bonchev–Trinajstić information content (AvgIpc) is 2.83. The number of aromatic carboxylic acids is 1. The zero-order valence-corrected chi connectivity index (χ0v) is 10.4. The highest BCUT2D eigenvalue weighted by Gasteiger charge is 2.23. The smallest absolute Gasteiger partial charge is 0.354 e. The molecular weight excluding hydrogens is 234 g/mol. The Morgan fingerprint density at radius 1 is 1.33 bits per heavy atom. The summed E-state index contributed by atoms with van der Waals surface area (Å²) in [6.45, 7) is 3.71. The number of rotatable bonds is 3. The van der Waals surface area contributed by atoms with Gasteiger partial charge in [-0.05, 0) is 26.2 Å². The third-order valence-corrected chi connectivity index (χ3v) is 3.16. The second-order valence-corrected chi connectivity index (χ2v) is 4.39. The van der Waals surface area contributed by atoms with Gasteiger partial charge in [-0.3, -0.25) is 9.48 Å². The quantitative estimate of drug-likeness (QED) is 0.876. The summed E-state index contributed by atoms with van der Waals surface area (Å²) in [4.78, 5) is 24.9. The van der Waals surface area contributed by atoms with Gasteiger partial charge in [-0.2, -0.15) is 5.10 Å². The van der Waals surface area contributed by atoms with Crippen molar-refractivity contribution in [2.45, 2.75) is 32.7 Å². The van der Waals surface area contributed by atoms with Crippen molar-refractivity contribution in [1.82, 2.24) is 14.7 Å².